The third-order valence-electron chi connectivity index (χ3n) is 6.58. The van der Waals surface area contributed by atoms with Crippen molar-refractivity contribution in [1.82, 2.24) is 5.32 Å². The molecule has 8 nitrogen and oxygen atoms in total. The van der Waals surface area contributed by atoms with Gasteiger partial charge in [-0.3, -0.25) is 9.59 Å². The lowest BCUT2D eigenvalue weighted by molar-refractivity contribution is -0.151. The molecule has 0 unspecified atom stereocenters. The van der Waals surface area contributed by atoms with E-state index in [1.54, 1.807) is 19.1 Å². The van der Waals surface area contributed by atoms with Gasteiger partial charge in [-0.2, -0.15) is 0 Å². The number of fused-ring (bicyclic) bond motifs is 1. The predicted molar refractivity (Wildman–Crippen MR) is 118 cm³/mol. The van der Waals surface area contributed by atoms with E-state index < -0.39 is 23.8 Å². The molecular formula is C25H29NO7. The highest BCUT2D eigenvalue weighted by Gasteiger charge is 2.47. The number of ketones is 1. The highest BCUT2D eigenvalue weighted by molar-refractivity contribution is 6.12. The normalized spacial score (nSPS) is 24.8. The van der Waals surface area contributed by atoms with Crippen molar-refractivity contribution in [2.45, 2.75) is 52.6 Å². The van der Waals surface area contributed by atoms with Gasteiger partial charge in [0.2, 0.25) is 6.79 Å². The van der Waals surface area contributed by atoms with Crippen LogP contribution in [0.2, 0.25) is 0 Å². The molecule has 1 aromatic carbocycles. The van der Waals surface area contributed by atoms with Gasteiger partial charge in [-0.05, 0) is 50.3 Å². The summed E-state index contributed by atoms with van der Waals surface area (Å²) in [5.74, 6) is -2.15. The summed E-state index contributed by atoms with van der Waals surface area (Å²) in [7, 11) is 1.28. The number of benzene rings is 1. The maximum Gasteiger partial charge on any atom is 0.337 e. The smallest absolute Gasteiger partial charge is 0.337 e. The van der Waals surface area contributed by atoms with Crippen LogP contribution in [-0.2, 0) is 23.9 Å². The Kier molecular flexibility index (Phi) is 6.19. The van der Waals surface area contributed by atoms with Crippen LogP contribution >= 0.6 is 0 Å². The topological polar surface area (TPSA) is 100 Å². The second-order valence-electron chi connectivity index (χ2n) is 8.77. The Bertz CT molecular complexity index is 1070. The quantitative estimate of drug-likeness (QED) is 0.533. The number of rotatable bonds is 5. The number of hydrogen-bond acceptors (Lipinski definition) is 8. The number of carbonyl (C=O) groups excluding carboxylic acids is 3. The van der Waals surface area contributed by atoms with Crippen molar-refractivity contribution in [3.8, 4) is 11.5 Å². The van der Waals surface area contributed by atoms with Gasteiger partial charge in [0.05, 0.1) is 18.8 Å². The first kappa shape index (κ1) is 22.9. The Balaban J connectivity index is 1.85. The molecule has 0 amide bonds. The molecule has 1 aromatic rings. The highest BCUT2D eigenvalue weighted by Crippen LogP contribution is 2.47. The van der Waals surface area contributed by atoms with Crippen molar-refractivity contribution in [3.63, 3.8) is 0 Å². The van der Waals surface area contributed by atoms with Crippen LogP contribution in [0, 0.1) is 11.8 Å². The number of Topliss-reactive ketones (excluding diaryl/α,β-unsaturated/α-hetero) is 1. The van der Waals surface area contributed by atoms with Gasteiger partial charge in [0.15, 0.2) is 17.3 Å². The molecule has 0 spiro atoms. The van der Waals surface area contributed by atoms with Crippen LogP contribution in [0.3, 0.4) is 0 Å². The van der Waals surface area contributed by atoms with Crippen molar-refractivity contribution in [1.29, 1.82) is 0 Å². The Morgan fingerprint density at radius 3 is 2.67 bits per heavy atom. The molecule has 33 heavy (non-hydrogen) atoms. The number of esters is 2. The Labute approximate surface area is 192 Å². The molecule has 1 aliphatic carbocycles. The van der Waals surface area contributed by atoms with E-state index >= 15 is 0 Å². The maximum absolute atomic E-state index is 13.7. The van der Waals surface area contributed by atoms with Crippen LogP contribution in [0.1, 0.15) is 52.0 Å². The fraction of sp³-hybridized carbons (Fsp3) is 0.480. The standard InChI is InChI=1S/C25H29NO7/c1-6-13(3)33-25(29)20-14(4)26-16-9-12(2)19(24(28)30-5)23(27)22(16)21(20)15-7-8-17-18(10-15)32-11-31-17/h7-8,10,12-13,19,21,26H,6,9,11H2,1-5H3/t12-,13+,19-,21+/m0/s1. The predicted octanol–water partition coefficient (Wildman–Crippen LogP) is 3.37. The maximum atomic E-state index is 13.7. The van der Waals surface area contributed by atoms with Crippen LogP contribution in [0.15, 0.2) is 40.7 Å². The third kappa shape index (κ3) is 3.98. The lowest BCUT2D eigenvalue weighted by Crippen LogP contribution is -2.43. The van der Waals surface area contributed by atoms with E-state index in [9.17, 15) is 14.4 Å². The molecule has 0 saturated carbocycles. The molecule has 0 radical (unpaired) electrons. The Hall–Kier alpha value is -3.29. The summed E-state index contributed by atoms with van der Waals surface area (Å²) >= 11 is 0. The van der Waals surface area contributed by atoms with E-state index in [0.717, 1.165) is 0 Å². The van der Waals surface area contributed by atoms with Crippen LogP contribution in [0.25, 0.3) is 0 Å². The van der Waals surface area contributed by atoms with Gasteiger partial charge in [0, 0.05) is 22.9 Å². The number of carbonyl (C=O) groups is 3. The van der Waals surface area contributed by atoms with Gasteiger partial charge in [0.1, 0.15) is 5.92 Å². The minimum absolute atomic E-state index is 0.109. The van der Waals surface area contributed by atoms with E-state index in [1.165, 1.54) is 7.11 Å². The fourth-order valence-electron chi connectivity index (χ4n) is 4.71. The van der Waals surface area contributed by atoms with Crippen molar-refractivity contribution < 1.29 is 33.3 Å². The summed E-state index contributed by atoms with van der Waals surface area (Å²) in [5, 5.41) is 3.26. The zero-order valence-corrected chi connectivity index (χ0v) is 19.5. The molecule has 1 N–H and O–H groups in total. The van der Waals surface area contributed by atoms with E-state index in [2.05, 4.69) is 5.32 Å². The summed E-state index contributed by atoms with van der Waals surface area (Å²) in [6, 6.07) is 5.36. The van der Waals surface area contributed by atoms with Crippen LogP contribution < -0.4 is 14.8 Å². The molecule has 3 aliphatic rings. The number of nitrogens with one attached hydrogen (secondary N) is 1. The fourth-order valence-corrected chi connectivity index (χ4v) is 4.71. The minimum Gasteiger partial charge on any atom is -0.468 e. The molecule has 0 fully saturated rings. The summed E-state index contributed by atoms with van der Waals surface area (Å²) in [6.45, 7) is 7.52. The Morgan fingerprint density at radius 1 is 1.24 bits per heavy atom. The lowest BCUT2D eigenvalue weighted by Gasteiger charge is -2.38. The minimum atomic E-state index is -0.933. The second-order valence-corrected chi connectivity index (χ2v) is 8.77. The van der Waals surface area contributed by atoms with Crippen molar-refractivity contribution in [2.75, 3.05) is 13.9 Å². The lowest BCUT2D eigenvalue weighted by atomic mass is 9.69. The molecule has 0 aromatic heterocycles. The average molecular weight is 456 g/mol. The molecule has 176 valence electrons. The number of dihydropyridines is 1. The number of allylic oxidation sites excluding steroid dienone is 3. The highest BCUT2D eigenvalue weighted by atomic mass is 16.7. The van der Waals surface area contributed by atoms with Crippen LogP contribution in [-0.4, -0.2) is 37.7 Å². The van der Waals surface area contributed by atoms with Gasteiger partial charge in [-0.1, -0.05) is 19.9 Å². The van der Waals surface area contributed by atoms with Gasteiger partial charge < -0.3 is 24.3 Å². The summed E-state index contributed by atoms with van der Waals surface area (Å²) in [5.41, 5.74) is 2.77. The SMILES string of the molecule is CC[C@@H](C)OC(=O)C1=C(C)NC2=C(C(=O)[C@@H](C(=O)OC)[C@@H](C)C2)[C@@H]1c1ccc2c(c1)OCO2. The zero-order chi connectivity index (χ0) is 23.9. The molecular weight excluding hydrogens is 426 g/mol. The zero-order valence-electron chi connectivity index (χ0n) is 19.5. The second kappa shape index (κ2) is 8.92. The van der Waals surface area contributed by atoms with E-state index in [0.29, 0.717) is 52.4 Å². The van der Waals surface area contributed by atoms with Crippen molar-refractivity contribution >= 4 is 17.7 Å². The first-order valence-corrected chi connectivity index (χ1v) is 11.2. The number of hydrogen-bond donors (Lipinski definition) is 1. The van der Waals surface area contributed by atoms with Gasteiger partial charge in [-0.15, -0.1) is 0 Å². The molecule has 4 atom stereocenters. The third-order valence-corrected chi connectivity index (χ3v) is 6.58. The number of methoxy groups -OCH3 is 1. The van der Waals surface area contributed by atoms with Crippen LogP contribution in [0.4, 0.5) is 0 Å². The largest absolute Gasteiger partial charge is 0.468 e. The number of ether oxygens (including phenoxy) is 4. The van der Waals surface area contributed by atoms with Crippen molar-refractivity contribution in [2.24, 2.45) is 11.8 Å². The van der Waals surface area contributed by atoms with E-state index in [-0.39, 0.29) is 24.6 Å². The molecule has 8 heteroatoms. The summed E-state index contributed by atoms with van der Waals surface area (Å²) in [4.78, 5) is 39.5. The van der Waals surface area contributed by atoms with E-state index in [1.807, 2.05) is 26.8 Å². The molecule has 0 saturated heterocycles. The Morgan fingerprint density at radius 2 is 1.97 bits per heavy atom. The monoisotopic (exact) mass is 455 g/mol. The van der Waals surface area contributed by atoms with Gasteiger partial charge in [-0.25, -0.2) is 4.79 Å². The molecule has 2 heterocycles. The van der Waals surface area contributed by atoms with Crippen LogP contribution in [0.5, 0.6) is 11.5 Å². The first-order valence-electron chi connectivity index (χ1n) is 11.2. The summed E-state index contributed by atoms with van der Waals surface area (Å²) in [6.07, 6.45) is 0.859. The first-order chi connectivity index (χ1) is 15.8. The molecule has 4 rings (SSSR count). The van der Waals surface area contributed by atoms with Gasteiger partial charge in [0.25, 0.3) is 0 Å². The molecule has 0 bridgehead atoms. The average Bonchev–Trinajstić information content (AvgIpc) is 3.25. The summed E-state index contributed by atoms with van der Waals surface area (Å²) < 4.78 is 21.6. The van der Waals surface area contributed by atoms with E-state index in [4.69, 9.17) is 18.9 Å². The van der Waals surface area contributed by atoms with Crippen molar-refractivity contribution in [3.05, 3.63) is 46.3 Å². The molecule has 2 aliphatic heterocycles. The van der Waals surface area contributed by atoms with Gasteiger partial charge >= 0.3 is 11.9 Å².